The van der Waals surface area contributed by atoms with Gasteiger partial charge in [-0.25, -0.2) is 4.98 Å². The van der Waals surface area contributed by atoms with Gasteiger partial charge in [0.25, 0.3) is 0 Å². The van der Waals surface area contributed by atoms with Crippen LogP contribution in [0.4, 0.5) is 0 Å². The van der Waals surface area contributed by atoms with E-state index in [4.69, 9.17) is 0 Å². The second-order valence-electron chi connectivity index (χ2n) is 2.18. The number of amides is 1. The monoisotopic (exact) mass is 154 g/mol. The summed E-state index contributed by atoms with van der Waals surface area (Å²) in [6.45, 7) is 0.666. The molecule has 1 aliphatic rings. The van der Waals surface area contributed by atoms with Crippen LogP contribution in [0.1, 0.15) is 10.6 Å². The summed E-state index contributed by atoms with van der Waals surface area (Å²) in [5, 5.41) is 2.76. The van der Waals surface area contributed by atoms with Gasteiger partial charge in [0.15, 0.2) is 0 Å². The Labute approximate surface area is 62.1 Å². The Kier molecular flexibility index (Phi) is 1.20. The van der Waals surface area contributed by atoms with Gasteiger partial charge in [-0.05, 0) is 0 Å². The molecule has 0 aromatic carbocycles. The number of aromatic nitrogens is 1. The van der Waals surface area contributed by atoms with Crippen LogP contribution in [0.15, 0.2) is 5.51 Å². The maximum Gasteiger partial charge on any atom is 0.226 e. The largest absolute Gasteiger partial charge is 0.351 e. The number of carbonyl (C=O) groups excluding carboxylic acids is 1. The fourth-order valence-corrected chi connectivity index (χ4v) is 1.70. The third-order valence-corrected chi connectivity index (χ3v) is 2.37. The normalized spacial score (nSPS) is 16.2. The Balaban J connectivity index is 2.39. The molecule has 1 amide bonds. The molecule has 2 heterocycles. The highest BCUT2D eigenvalue weighted by atomic mass is 32.1. The average molecular weight is 154 g/mol. The number of carbonyl (C=O) groups is 1. The van der Waals surface area contributed by atoms with Crippen LogP contribution in [-0.4, -0.2) is 10.9 Å². The molecule has 0 atom stereocenters. The van der Waals surface area contributed by atoms with Crippen molar-refractivity contribution in [2.45, 2.75) is 13.0 Å². The summed E-state index contributed by atoms with van der Waals surface area (Å²) < 4.78 is 0. The van der Waals surface area contributed by atoms with E-state index in [1.807, 2.05) is 0 Å². The first kappa shape index (κ1) is 5.85. The van der Waals surface area contributed by atoms with E-state index in [1.54, 1.807) is 16.8 Å². The molecule has 1 aromatic heterocycles. The van der Waals surface area contributed by atoms with Crippen molar-refractivity contribution >= 4 is 17.2 Å². The maximum absolute atomic E-state index is 10.8. The van der Waals surface area contributed by atoms with Gasteiger partial charge in [0, 0.05) is 4.88 Å². The van der Waals surface area contributed by atoms with Crippen molar-refractivity contribution in [3.63, 3.8) is 0 Å². The molecule has 10 heavy (non-hydrogen) atoms. The molecule has 52 valence electrons. The van der Waals surface area contributed by atoms with Crippen molar-refractivity contribution in [1.29, 1.82) is 0 Å². The minimum Gasteiger partial charge on any atom is -0.351 e. The summed E-state index contributed by atoms with van der Waals surface area (Å²) in [6, 6.07) is 0. The van der Waals surface area contributed by atoms with E-state index in [0.717, 1.165) is 5.69 Å². The van der Waals surface area contributed by atoms with Crippen LogP contribution < -0.4 is 5.32 Å². The first-order valence-electron chi connectivity index (χ1n) is 3.04. The molecule has 4 heteroatoms. The van der Waals surface area contributed by atoms with Crippen LogP contribution in [0, 0.1) is 0 Å². The number of hydrogen-bond donors (Lipinski definition) is 1. The van der Waals surface area contributed by atoms with Crippen molar-refractivity contribution in [1.82, 2.24) is 10.3 Å². The van der Waals surface area contributed by atoms with E-state index in [1.165, 1.54) is 4.88 Å². The van der Waals surface area contributed by atoms with Gasteiger partial charge in [0.2, 0.25) is 5.91 Å². The standard InChI is InChI=1S/C6H6N2OS/c9-6-1-4-5(2-7-6)10-3-8-4/h3H,1-2H2,(H,7,9). The van der Waals surface area contributed by atoms with Gasteiger partial charge in [-0.15, -0.1) is 11.3 Å². The average Bonchev–Trinajstić information content (AvgIpc) is 2.33. The summed E-state index contributed by atoms with van der Waals surface area (Å²) in [4.78, 5) is 16.0. The first-order chi connectivity index (χ1) is 4.86. The summed E-state index contributed by atoms with van der Waals surface area (Å²) >= 11 is 1.60. The topological polar surface area (TPSA) is 42.0 Å². The van der Waals surface area contributed by atoms with Gasteiger partial charge in [0.05, 0.1) is 24.2 Å². The Morgan fingerprint density at radius 3 is 3.50 bits per heavy atom. The Hall–Kier alpha value is -0.900. The third-order valence-electron chi connectivity index (χ3n) is 1.50. The van der Waals surface area contributed by atoms with Crippen LogP contribution in [-0.2, 0) is 17.8 Å². The lowest BCUT2D eigenvalue weighted by molar-refractivity contribution is -0.121. The van der Waals surface area contributed by atoms with Crippen LogP contribution in [0.3, 0.4) is 0 Å². The third kappa shape index (κ3) is 0.806. The zero-order chi connectivity index (χ0) is 6.97. The molecule has 0 fully saturated rings. The van der Waals surface area contributed by atoms with Crippen LogP contribution in [0.25, 0.3) is 0 Å². The zero-order valence-corrected chi connectivity index (χ0v) is 6.07. The van der Waals surface area contributed by atoms with E-state index in [9.17, 15) is 4.79 Å². The highest BCUT2D eigenvalue weighted by Gasteiger charge is 2.16. The maximum atomic E-state index is 10.8. The Morgan fingerprint density at radius 2 is 2.60 bits per heavy atom. The summed E-state index contributed by atoms with van der Waals surface area (Å²) in [6.07, 6.45) is 0.457. The summed E-state index contributed by atoms with van der Waals surface area (Å²) in [5.74, 6) is 0.0819. The summed E-state index contributed by atoms with van der Waals surface area (Å²) in [5.41, 5.74) is 2.74. The number of thiazole rings is 1. The van der Waals surface area contributed by atoms with E-state index in [2.05, 4.69) is 10.3 Å². The smallest absolute Gasteiger partial charge is 0.226 e. The van der Waals surface area contributed by atoms with Gasteiger partial charge < -0.3 is 5.32 Å². The van der Waals surface area contributed by atoms with Gasteiger partial charge in [-0.1, -0.05) is 0 Å². The quantitative estimate of drug-likeness (QED) is 0.584. The van der Waals surface area contributed by atoms with Crippen molar-refractivity contribution in [3.05, 3.63) is 16.1 Å². The van der Waals surface area contributed by atoms with E-state index >= 15 is 0 Å². The first-order valence-corrected chi connectivity index (χ1v) is 3.92. The predicted octanol–water partition coefficient (Wildman–Crippen LogP) is 0.315. The fraction of sp³-hybridized carbons (Fsp3) is 0.333. The van der Waals surface area contributed by atoms with Crippen LogP contribution >= 0.6 is 11.3 Å². The van der Waals surface area contributed by atoms with Gasteiger partial charge >= 0.3 is 0 Å². The minimum absolute atomic E-state index is 0.0819. The minimum atomic E-state index is 0.0819. The molecule has 0 bridgehead atoms. The molecule has 0 saturated carbocycles. The van der Waals surface area contributed by atoms with Crippen molar-refractivity contribution in [3.8, 4) is 0 Å². The zero-order valence-electron chi connectivity index (χ0n) is 5.26. The molecular formula is C6H6N2OS. The Bertz CT molecular complexity index is 268. The molecule has 0 aliphatic carbocycles. The van der Waals surface area contributed by atoms with Crippen molar-refractivity contribution < 1.29 is 4.79 Å². The molecule has 0 unspecified atom stereocenters. The lowest BCUT2D eigenvalue weighted by atomic mass is 10.2. The number of rotatable bonds is 0. The lowest BCUT2D eigenvalue weighted by Gasteiger charge is -2.09. The van der Waals surface area contributed by atoms with Crippen molar-refractivity contribution in [2.75, 3.05) is 0 Å². The number of nitrogens with zero attached hydrogens (tertiary/aromatic N) is 1. The van der Waals surface area contributed by atoms with E-state index < -0.39 is 0 Å². The second kappa shape index (κ2) is 2.05. The fourth-order valence-electron chi connectivity index (χ4n) is 0.975. The number of nitrogens with one attached hydrogen (secondary N) is 1. The second-order valence-corrected chi connectivity index (χ2v) is 3.12. The molecule has 2 rings (SSSR count). The predicted molar refractivity (Wildman–Crippen MR) is 37.7 cm³/mol. The molecule has 1 aliphatic heterocycles. The van der Waals surface area contributed by atoms with Gasteiger partial charge in [-0.2, -0.15) is 0 Å². The van der Waals surface area contributed by atoms with Gasteiger partial charge in [0.1, 0.15) is 0 Å². The van der Waals surface area contributed by atoms with E-state index in [0.29, 0.717) is 13.0 Å². The number of hydrogen-bond acceptors (Lipinski definition) is 3. The van der Waals surface area contributed by atoms with Crippen LogP contribution in [0.2, 0.25) is 0 Å². The molecule has 0 spiro atoms. The molecule has 0 radical (unpaired) electrons. The SMILES string of the molecule is O=C1Cc2ncsc2CN1. The Morgan fingerprint density at radius 1 is 1.70 bits per heavy atom. The molecular weight excluding hydrogens is 148 g/mol. The number of fused-ring (bicyclic) bond motifs is 1. The van der Waals surface area contributed by atoms with E-state index in [-0.39, 0.29) is 5.91 Å². The summed E-state index contributed by atoms with van der Waals surface area (Å²) in [7, 11) is 0. The lowest BCUT2D eigenvalue weighted by Crippen LogP contribution is -2.29. The molecule has 0 saturated heterocycles. The highest BCUT2D eigenvalue weighted by molar-refractivity contribution is 7.09. The van der Waals surface area contributed by atoms with Crippen molar-refractivity contribution in [2.24, 2.45) is 0 Å². The molecule has 1 aromatic rings. The molecule has 3 nitrogen and oxygen atoms in total. The van der Waals surface area contributed by atoms with Crippen LogP contribution in [0.5, 0.6) is 0 Å². The van der Waals surface area contributed by atoms with Gasteiger partial charge in [-0.3, -0.25) is 4.79 Å². The molecule has 1 N–H and O–H groups in total. The highest BCUT2D eigenvalue weighted by Crippen LogP contribution is 2.16.